The molecule has 2 unspecified atom stereocenters. The SMILES string of the molecule is Cc1coc(-c2cccc(NC(=O)C3CCCC(N)C3)c2)n1.Cl. The van der Waals surface area contributed by atoms with Gasteiger partial charge in [-0.2, -0.15) is 0 Å². The van der Waals surface area contributed by atoms with Gasteiger partial charge in [-0.3, -0.25) is 4.79 Å². The summed E-state index contributed by atoms with van der Waals surface area (Å²) in [6, 6.07) is 7.70. The van der Waals surface area contributed by atoms with Crippen LogP contribution in [0.1, 0.15) is 31.4 Å². The van der Waals surface area contributed by atoms with Crippen molar-refractivity contribution in [2.24, 2.45) is 11.7 Å². The van der Waals surface area contributed by atoms with Gasteiger partial charge in [0.05, 0.1) is 5.69 Å². The van der Waals surface area contributed by atoms with Gasteiger partial charge in [-0.1, -0.05) is 12.5 Å². The molecule has 0 radical (unpaired) electrons. The zero-order chi connectivity index (χ0) is 15.5. The molecule has 1 heterocycles. The highest BCUT2D eigenvalue weighted by atomic mass is 35.5. The van der Waals surface area contributed by atoms with Crippen LogP contribution in [0.3, 0.4) is 0 Å². The van der Waals surface area contributed by atoms with E-state index in [1.807, 2.05) is 31.2 Å². The number of oxazole rings is 1. The average molecular weight is 336 g/mol. The predicted molar refractivity (Wildman–Crippen MR) is 92.5 cm³/mol. The first-order chi connectivity index (χ1) is 10.6. The number of nitrogens with zero attached hydrogens (tertiary/aromatic N) is 1. The van der Waals surface area contributed by atoms with E-state index in [2.05, 4.69) is 10.3 Å². The average Bonchev–Trinajstić information content (AvgIpc) is 2.94. The summed E-state index contributed by atoms with van der Waals surface area (Å²) >= 11 is 0. The standard InChI is InChI=1S/C17H21N3O2.ClH/c1-11-10-22-17(19-11)13-5-3-7-15(9-13)20-16(21)12-4-2-6-14(18)8-12;/h3,5,7,9-10,12,14H,2,4,6,8,18H2,1H3,(H,20,21);1H. The van der Waals surface area contributed by atoms with Crippen LogP contribution in [-0.2, 0) is 4.79 Å². The molecule has 3 N–H and O–H groups in total. The Kier molecular flexibility index (Phi) is 5.80. The van der Waals surface area contributed by atoms with Crippen LogP contribution in [0.5, 0.6) is 0 Å². The summed E-state index contributed by atoms with van der Waals surface area (Å²) < 4.78 is 5.40. The van der Waals surface area contributed by atoms with Crippen molar-refractivity contribution in [3.63, 3.8) is 0 Å². The molecule has 3 rings (SSSR count). The highest BCUT2D eigenvalue weighted by molar-refractivity contribution is 5.93. The van der Waals surface area contributed by atoms with E-state index in [0.717, 1.165) is 42.6 Å². The summed E-state index contributed by atoms with van der Waals surface area (Å²) in [5, 5.41) is 2.99. The van der Waals surface area contributed by atoms with Gasteiger partial charge in [0.25, 0.3) is 0 Å². The fourth-order valence-electron chi connectivity index (χ4n) is 2.93. The van der Waals surface area contributed by atoms with Crippen molar-refractivity contribution < 1.29 is 9.21 Å². The number of hydrogen-bond acceptors (Lipinski definition) is 4. The van der Waals surface area contributed by atoms with Crippen LogP contribution in [0, 0.1) is 12.8 Å². The lowest BCUT2D eigenvalue weighted by atomic mass is 9.85. The number of nitrogens with one attached hydrogen (secondary N) is 1. The molecule has 0 aliphatic heterocycles. The van der Waals surface area contributed by atoms with Gasteiger partial charge in [0, 0.05) is 23.2 Å². The van der Waals surface area contributed by atoms with Gasteiger partial charge in [-0.25, -0.2) is 4.98 Å². The van der Waals surface area contributed by atoms with Crippen LogP contribution in [0.25, 0.3) is 11.5 Å². The topological polar surface area (TPSA) is 81.2 Å². The number of carbonyl (C=O) groups is 1. The Morgan fingerprint density at radius 3 is 2.91 bits per heavy atom. The number of carbonyl (C=O) groups excluding carboxylic acids is 1. The number of halogens is 1. The Hall–Kier alpha value is -1.85. The normalized spacial score (nSPS) is 20.6. The maximum Gasteiger partial charge on any atom is 0.227 e. The summed E-state index contributed by atoms with van der Waals surface area (Å²) in [6.45, 7) is 1.88. The quantitative estimate of drug-likeness (QED) is 0.899. The van der Waals surface area contributed by atoms with Crippen molar-refractivity contribution in [1.29, 1.82) is 0 Å². The molecule has 0 saturated heterocycles. The molecular weight excluding hydrogens is 314 g/mol. The van der Waals surface area contributed by atoms with Crippen LogP contribution in [-0.4, -0.2) is 16.9 Å². The third-order valence-corrected chi connectivity index (χ3v) is 4.08. The summed E-state index contributed by atoms with van der Waals surface area (Å²) in [5.74, 6) is 0.626. The van der Waals surface area contributed by atoms with Crippen molar-refractivity contribution in [3.8, 4) is 11.5 Å². The lowest BCUT2D eigenvalue weighted by Crippen LogP contribution is -2.34. The second-order valence-electron chi connectivity index (χ2n) is 5.99. The number of amides is 1. The monoisotopic (exact) mass is 335 g/mol. The molecule has 23 heavy (non-hydrogen) atoms. The van der Waals surface area contributed by atoms with E-state index in [1.165, 1.54) is 0 Å². The van der Waals surface area contributed by atoms with Gasteiger partial charge < -0.3 is 15.5 Å². The maximum atomic E-state index is 12.4. The number of anilines is 1. The van der Waals surface area contributed by atoms with E-state index in [1.54, 1.807) is 6.26 Å². The number of benzene rings is 1. The molecule has 0 spiro atoms. The lowest BCUT2D eigenvalue weighted by molar-refractivity contribution is -0.120. The van der Waals surface area contributed by atoms with E-state index in [4.69, 9.17) is 10.2 Å². The number of hydrogen-bond donors (Lipinski definition) is 2. The van der Waals surface area contributed by atoms with Crippen LogP contribution in [0.15, 0.2) is 34.9 Å². The Morgan fingerprint density at radius 2 is 2.22 bits per heavy atom. The van der Waals surface area contributed by atoms with Crippen molar-refractivity contribution >= 4 is 24.0 Å². The minimum Gasteiger partial charge on any atom is -0.444 e. The molecule has 1 aromatic carbocycles. The number of aromatic nitrogens is 1. The summed E-state index contributed by atoms with van der Waals surface area (Å²) in [4.78, 5) is 16.7. The largest absolute Gasteiger partial charge is 0.444 e. The fraction of sp³-hybridized carbons (Fsp3) is 0.412. The van der Waals surface area contributed by atoms with E-state index in [-0.39, 0.29) is 30.3 Å². The summed E-state index contributed by atoms with van der Waals surface area (Å²) in [6.07, 6.45) is 5.34. The number of nitrogens with two attached hydrogens (primary N) is 1. The highest BCUT2D eigenvalue weighted by Crippen LogP contribution is 2.26. The van der Waals surface area contributed by atoms with Gasteiger partial charge in [-0.15, -0.1) is 12.4 Å². The molecule has 124 valence electrons. The van der Waals surface area contributed by atoms with Crippen molar-refractivity contribution in [2.75, 3.05) is 5.32 Å². The first-order valence-electron chi connectivity index (χ1n) is 7.71. The molecule has 6 heteroatoms. The third-order valence-electron chi connectivity index (χ3n) is 4.08. The van der Waals surface area contributed by atoms with Crippen molar-refractivity contribution in [2.45, 2.75) is 38.6 Å². The van der Waals surface area contributed by atoms with Gasteiger partial charge in [0.1, 0.15) is 6.26 Å². The Balaban J connectivity index is 0.00000192. The summed E-state index contributed by atoms with van der Waals surface area (Å²) in [5.41, 5.74) is 8.41. The Bertz CT molecular complexity index is 671. The molecule has 2 atom stereocenters. The van der Waals surface area contributed by atoms with Gasteiger partial charge in [0.15, 0.2) is 0 Å². The number of rotatable bonds is 3. The molecule has 1 aliphatic rings. The molecule has 1 amide bonds. The second-order valence-corrected chi connectivity index (χ2v) is 5.99. The molecule has 5 nitrogen and oxygen atoms in total. The first kappa shape index (κ1) is 17.5. The van der Waals surface area contributed by atoms with Crippen LogP contribution < -0.4 is 11.1 Å². The Morgan fingerprint density at radius 1 is 1.39 bits per heavy atom. The smallest absolute Gasteiger partial charge is 0.227 e. The van der Waals surface area contributed by atoms with E-state index < -0.39 is 0 Å². The van der Waals surface area contributed by atoms with Crippen molar-refractivity contribution in [1.82, 2.24) is 4.98 Å². The van der Waals surface area contributed by atoms with E-state index in [0.29, 0.717) is 5.89 Å². The predicted octanol–water partition coefficient (Wildman–Crippen LogP) is 3.53. The molecule has 1 saturated carbocycles. The van der Waals surface area contributed by atoms with Crippen LogP contribution in [0.4, 0.5) is 5.69 Å². The second kappa shape index (κ2) is 7.62. The molecule has 1 aromatic heterocycles. The maximum absolute atomic E-state index is 12.4. The van der Waals surface area contributed by atoms with Crippen LogP contribution in [0.2, 0.25) is 0 Å². The molecule has 0 bridgehead atoms. The lowest BCUT2D eigenvalue weighted by Gasteiger charge is -2.25. The van der Waals surface area contributed by atoms with Gasteiger partial charge in [0.2, 0.25) is 11.8 Å². The van der Waals surface area contributed by atoms with Gasteiger partial charge >= 0.3 is 0 Å². The summed E-state index contributed by atoms with van der Waals surface area (Å²) in [7, 11) is 0. The third kappa shape index (κ3) is 4.33. The number of aryl methyl sites for hydroxylation is 1. The van der Waals surface area contributed by atoms with Crippen molar-refractivity contribution in [3.05, 3.63) is 36.2 Å². The minimum atomic E-state index is 0. The first-order valence-corrected chi connectivity index (χ1v) is 7.71. The molecule has 1 aliphatic carbocycles. The van der Waals surface area contributed by atoms with E-state index in [9.17, 15) is 4.79 Å². The zero-order valence-corrected chi connectivity index (χ0v) is 13.9. The van der Waals surface area contributed by atoms with Gasteiger partial charge in [-0.05, 0) is 44.4 Å². The fourth-order valence-corrected chi connectivity index (χ4v) is 2.93. The Labute approximate surface area is 142 Å². The highest BCUT2D eigenvalue weighted by Gasteiger charge is 2.25. The van der Waals surface area contributed by atoms with E-state index >= 15 is 0 Å². The van der Waals surface area contributed by atoms with Crippen LogP contribution >= 0.6 is 12.4 Å². The molecule has 1 fully saturated rings. The molecular formula is C17H22ClN3O2. The molecule has 2 aromatic rings. The zero-order valence-electron chi connectivity index (χ0n) is 13.1. The minimum absolute atomic E-state index is 0.